The van der Waals surface area contributed by atoms with Crippen molar-refractivity contribution in [2.45, 2.75) is 19.0 Å². The van der Waals surface area contributed by atoms with Gasteiger partial charge in [0.1, 0.15) is 12.4 Å². The first-order valence-corrected chi connectivity index (χ1v) is 12.3. The molecule has 0 saturated heterocycles. The Kier molecular flexibility index (Phi) is 10.4. The number of rotatable bonds is 9. The number of hydrogen-bond acceptors (Lipinski definition) is 6. The number of urea groups is 1. The molecule has 0 radical (unpaired) electrons. The number of carboxylic acids is 1. The number of ether oxygens (including phenoxy) is 1. The van der Waals surface area contributed by atoms with Crippen LogP contribution in [0.3, 0.4) is 0 Å². The Morgan fingerprint density at radius 2 is 1.90 bits per heavy atom. The lowest BCUT2D eigenvalue weighted by Gasteiger charge is -2.22. The Hall–Kier alpha value is -4.64. The number of nitrogens with zero attached hydrogens (tertiary/aromatic N) is 3. The molecule has 4 amide bonds. The second-order valence-electron chi connectivity index (χ2n) is 9.06. The molecular weight excluding hydrogens is 538 g/mol. The van der Waals surface area contributed by atoms with Gasteiger partial charge in [-0.1, -0.05) is 36.4 Å². The van der Waals surface area contributed by atoms with Crippen molar-refractivity contribution in [1.82, 2.24) is 20.1 Å². The van der Waals surface area contributed by atoms with E-state index in [1.165, 1.54) is 22.1 Å². The topological polar surface area (TPSA) is 141 Å². The molecular formula is C28H30ClN5O6. The van der Waals surface area contributed by atoms with Crippen molar-refractivity contribution in [1.29, 1.82) is 0 Å². The lowest BCUT2D eigenvalue weighted by atomic mass is 10.1. The summed E-state index contributed by atoms with van der Waals surface area (Å²) in [5.41, 5.74) is 2.13. The van der Waals surface area contributed by atoms with Crippen molar-refractivity contribution in [3.8, 4) is 5.75 Å². The Morgan fingerprint density at radius 3 is 2.60 bits per heavy atom. The Bertz CT molecular complexity index is 1340. The number of carbonyl (C=O) groups excluding carboxylic acids is 3. The van der Waals surface area contributed by atoms with Crippen LogP contribution < -0.4 is 15.4 Å². The Balaban J connectivity index is 0.00000441. The molecule has 0 aliphatic carbocycles. The number of anilines is 1. The third-order valence-electron chi connectivity index (χ3n) is 6.11. The summed E-state index contributed by atoms with van der Waals surface area (Å²) in [4.78, 5) is 57.1. The fourth-order valence-corrected chi connectivity index (χ4v) is 4.16. The van der Waals surface area contributed by atoms with Gasteiger partial charge in [0, 0.05) is 31.7 Å². The molecule has 3 N–H and O–H groups in total. The van der Waals surface area contributed by atoms with E-state index < -0.39 is 23.8 Å². The third kappa shape index (κ3) is 7.93. The zero-order valence-electron chi connectivity index (χ0n) is 21.8. The molecule has 12 heteroatoms. The van der Waals surface area contributed by atoms with E-state index >= 15 is 0 Å². The smallest absolute Gasteiger partial charge is 0.321 e. The first-order valence-electron chi connectivity index (χ1n) is 12.3. The quantitative estimate of drug-likeness (QED) is 0.360. The Labute approximate surface area is 237 Å². The number of aromatic nitrogens is 1. The standard InChI is InChI=1S/C28H29N5O6.ClH/c1-32(17-19-6-3-2-4-7-19)28(38)30-21-9-10-24-22(14-21)27(37)33(12-13-39-24)18-25(34)31-23(15-26(35)36)20-8-5-11-29-16-20;/h2-11,14,16,23H,12-13,15,17-18H2,1H3,(H,30,38)(H,31,34)(H,35,36);1H/t23-;/m1./s1. The number of nitrogens with one attached hydrogen (secondary N) is 2. The van der Waals surface area contributed by atoms with Gasteiger partial charge in [-0.05, 0) is 35.4 Å². The SMILES string of the molecule is CN(Cc1ccccc1)C(=O)Nc1ccc2c(c1)C(=O)N(CC(=O)N[C@H](CC(=O)O)c1cccnc1)CCO2.Cl. The lowest BCUT2D eigenvalue weighted by Crippen LogP contribution is -2.43. The van der Waals surface area contributed by atoms with Gasteiger partial charge in [0.25, 0.3) is 5.91 Å². The molecule has 4 rings (SSSR count). The number of fused-ring (bicyclic) bond motifs is 1. The second kappa shape index (κ2) is 13.9. The molecule has 3 aromatic rings. The van der Waals surface area contributed by atoms with Crippen LogP contribution in [0.5, 0.6) is 5.75 Å². The molecule has 210 valence electrons. The van der Waals surface area contributed by atoms with Crippen molar-refractivity contribution >= 4 is 41.9 Å². The van der Waals surface area contributed by atoms with E-state index in [1.54, 1.807) is 37.5 Å². The predicted molar refractivity (Wildman–Crippen MR) is 149 cm³/mol. The summed E-state index contributed by atoms with van der Waals surface area (Å²) in [7, 11) is 1.67. The Morgan fingerprint density at radius 1 is 1.12 bits per heavy atom. The molecule has 2 aromatic carbocycles. The van der Waals surface area contributed by atoms with Crippen LogP contribution in [0.4, 0.5) is 10.5 Å². The fourth-order valence-electron chi connectivity index (χ4n) is 4.16. The minimum atomic E-state index is -1.08. The molecule has 0 spiro atoms. The van der Waals surface area contributed by atoms with Crippen LogP contribution in [-0.4, -0.2) is 70.4 Å². The van der Waals surface area contributed by atoms with Gasteiger partial charge in [-0.3, -0.25) is 19.4 Å². The molecule has 40 heavy (non-hydrogen) atoms. The molecule has 1 aliphatic rings. The van der Waals surface area contributed by atoms with E-state index in [2.05, 4.69) is 15.6 Å². The number of halogens is 1. The highest BCUT2D eigenvalue weighted by atomic mass is 35.5. The largest absolute Gasteiger partial charge is 0.491 e. The van der Waals surface area contributed by atoms with E-state index in [1.807, 2.05) is 30.3 Å². The van der Waals surface area contributed by atoms with Crippen LogP contribution >= 0.6 is 12.4 Å². The zero-order chi connectivity index (χ0) is 27.8. The van der Waals surface area contributed by atoms with Crippen LogP contribution in [0.1, 0.15) is 33.9 Å². The van der Waals surface area contributed by atoms with Gasteiger partial charge < -0.3 is 30.3 Å². The van der Waals surface area contributed by atoms with E-state index in [0.29, 0.717) is 23.5 Å². The normalized spacial score (nSPS) is 13.0. The van der Waals surface area contributed by atoms with Gasteiger partial charge >= 0.3 is 12.0 Å². The monoisotopic (exact) mass is 567 g/mol. The van der Waals surface area contributed by atoms with Gasteiger partial charge in [-0.25, -0.2) is 4.79 Å². The van der Waals surface area contributed by atoms with E-state index in [-0.39, 0.29) is 50.1 Å². The summed E-state index contributed by atoms with van der Waals surface area (Å²) >= 11 is 0. The van der Waals surface area contributed by atoms with Crippen LogP contribution in [0, 0.1) is 0 Å². The van der Waals surface area contributed by atoms with Crippen LogP contribution in [-0.2, 0) is 16.1 Å². The van der Waals surface area contributed by atoms with Gasteiger partial charge in [0.2, 0.25) is 5.91 Å². The highest BCUT2D eigenvalue weighted by Gasteiger charge is 2.27. The number of hydrogen-bond donors (Lipinski definition) is 3. The van der Waals surface area contributed by atoms with Crippen LogP contribution in [0.25, 0.3) is 0 Å². The molecule has 11 nitrogen and oxygen atoms in total. The second-order valence-corrected chi connectivity index (χ2v) is 9.06. The molecule has 1 aromatic heterocycles. The first-order chi connectivity index (χ1) is 18.8. The first kappa shape index (κ1) is 29.9. The third-order valence-corrected chi connectivity index (χ3v) is 6.11. The maximum atomic E-state index is 13.4. The molecule has 0 fully saturated rings. The summed E-state index contributed by atoms with van der Waals surface area (Å²) in [5, 5.41) is 14.8. The average Bonchev–Trinajstić information content (AvgIpc) is 3.07. The average molecular weight is 568 g/mol. The minimum absolute atomic E-state index is 0. The molecule has 1 atom stereocenters. The summed E-state index contributed by atoms with van der Waals surface area (Å²) < 4.78 is 5.72. The van der Waals surface area contributed by atoms with Crippen molar-refractivity contribution < 1.29 is 29.0 Å². The maximum absolute atomic E-state index is 13.4. The molecule has 0 unspecified atom stereocenters. The summed E-state index contributed by atoms with van der Waals surface area (Å²) in [6.07, 6.45) is 2.70. The number of carboxylic acid groups (broad SMARTS) is 1. The van der Waals surface area contributed by atoms with Gasteiger partial charge in [-0.15, -0.1) is 12.4 Å². The van der Waals surface area contributed by atoms with Gasteiger partial charge in [0.15, 0.2) is 0 Å². The number of carbonyl (C=O) groups is 4. The number of pyridine rings is 1. The summed E-state index contributed by atoms with van der Waals surface area (Å²) in [5.74, 6) is -1.70. The predicted octanol–water partition coefficient (Wildman–Crippen LogP) is 3.33. The van der Waals surface area contributed by atoms with Crippen LogP contribution in [0.15, 0.2) is 73.1 Å². The summed E-state index contributed by atoms with van der Waals surface area (Å²) in [6, 6.07) is 16.5. The molecule has 0 saturated carbocycles. The van der Waals surface area contributed by atoms with E-state index in [4.69, 9.17) is 4.74 Å². The van der Waals surface area contributed by atoms with Crippen molar-refractivity contribution in [2.75, 3.05) is 32.1 Å². The highest BCUT2D eigenvalue weighted by Crippen LogP contribution is 2.27. The highest BCUT2D eigenvalue weighted by molar-refractivity contribution is 6.01. The van der Waals surface area contributed by atoms with E-state index in [9.17, 15) is 24.3 Å². The van der Waals surface area contributed by atoms with Gasteiger partial charge in [0.05, 0.1) is 31.1 Å². The van der Waals surface area contributed by atoms with Gasteiger partial charge in [-0.2, -0.15) is 0 Å². The van der Waals surface area contributed by atoms with Crippen molar-refractivity contribution in [2.24, 2.45) is 0 Å². The number of benzene rings is 2. The lowest BCUT2D eigenvalue weighted by molar-refractivity contribution is -0.137. The zero-order valence-corrected chi connectivity index (χ0v) is 22.6. The fraction of sp³-hybridized carbons (Fsp3) is 0.250. The molecule has 1 aliphatic heterocycles. The van der Waals surface area contributed by atoms with E-state index in [0.717, 1.165) is 5.56 Å². The molecule has 0 bridgehead atoms. The van der Waals surface area contributed by atoms with Crippen molar-refractivity contribution in [3.63, 3.8) is 0 Å². The summed E-state index contributed by atoms with van der Waals surface area (Å²) in [6.45, 7) is 0.427. The molecule has 2 heterocycles. The minimum Gasteiger partial charge on any atom is -0.491 e. The van der Waals surface area contributed by atoms with Crippen molar-refractivity contribution in [3.05, 3.63) is 89.7 Å². The van der Waals surface area contributed by atoms with Crippen LogP contribution in [0.2, 0.25) is 0 Å². The number of amides is 4. The maximum Gasteiger partial charge on any atom is 0.321 e. The number of aliphatic carboxylic acids is 1.